The number of rotatable bonds is 1. The van der Waals surface area contributed by atoms with Crippen LogP contribution >= 0.6 is 0 Å². The normalized spacial score (nSPS) is 29.6. The molecule has 1 fully saturated rings. The summed E-state index contributed by atoms with van der Waals surface area (Å²) in [6.07, 6.45) is 1.48. The number of aromatic amines is 1. The van der Waals surface area contributed by atoms with Crippen LogP contribution in [-0.2, 0) is 16.7 Å². The van der Waals surface area contributed by atoms with Gasteiger partial charge in [0.2, 0.25) is 0 Å². The van der Waals surface area contributed by atoms with E-state index in [-0.39, 0.29) is 6.09 Å². The van der Waals surface area contributed by atoms with Crippen LogP contribution in [0.15, 0.2) is 12.1 Å². The van der Waals surface area contributed by atoms with Crippen LogP contribution in [0.2, 0.25) is 0 Å². The second kappa shape index (κ2) is 4.31. The van der Waals surface area contributed by atoms with E-state index in [2.05, 4.69) is 51.7 Å². The molecule has 0 spiro atoms. The van der Waals surface area contributed by atoms with Crippen molar-refractivity contribution in [3.8, 4) is 0 Å². The number of nitrogens with zero attached hydrogens (tertiary/aromatic N) is 1. The van der Waals surface area contributed by atoms with Gasteiger partial charge in [0.1, 0.15) is 11.1 Å². The molecular weight excluding hydrogens is 288 g/mol. The highest BCUT2D eigenvalue weighted by molar-refractivity contribution is 5.93. The van der Waals surface area contributed by atoms with E-state index < -0.39 is 11.1 Å². The van der Waals surface area contributed by atoms with E-state index >= 15 is 0 Å². The molecule has 1 saturated heterocycles. The molecule has 4 nitrogen and oxygen atoms in total. The van der Waals surface area contributed by atoms with Crippen molar-refractivity contribution in [2.75, 3.05) is 6.54 Å². The third-order valence-corrected chi connectivity index (χ3v) is 6.37. The molecule has 1 aromatic carbocycles. The molecule has 2 aliphatic heterocycles. The zero-order valence-electron chi connectivity index (χ0n) is 14.5. The number of H-pyrrole nitrogens is 1. The van der Waals surface area contributed by atoms with Crippen LogP contribution in [0.3, 0.4) is 0 Å². The number of aromatic nitrogens is 1. The third-order valence-electron chi connectivity index (χ3n) is 6.37. The molecule has 3 heterocycles. The number of hydrogen-bond donors (Lipinski definition) is 1. The van der Waals surface area contributed by atoms with Gasteiger partial charge in [0.25, 0.3) is 0 Å². The monoisotopic (exact) mass is 312 g/mol. The summed E-state index contributed by atoms with van der Waals surface area (Å²) < 4.78 is 5.86. The average molecular weight is 312 g/mol. The lowest BCUT2D eigenvalue weighted by atomic mass is 9.74. The van der Waals surface area contributed by atoms with Crippen molar-refractivity contribution in [1.82, 2.24) is 9.88 Å². The quantitative estimate of drug-likeness (QED) is 0.858. The Hall–Kier alpha value is -1.97. The molecule has 2 atom stereocenters. The van der Waals surface area contributed by atoms with E-state index in [1.165, 1.54) is 33.3 Å². The fraction of sp³-hybridized carbons (Fsp3) is 0.526. The Balaban J connectivity index is 2.12. The highest BCUT2D eigenvalue weighted by Gasteiger charge is 2.60. The molecule has 4 heteroatoms. The molecule has 1 aromatic heterocycles. The lowest BCUT2D eigenvalue weighted by molar-refractivity contribution is 0.00344. The second-order valence-electron chi connectivity index (χ2n) is 7.33. The number of ether oxygens (including phenoxy) is 1. The Morgan fingerprint density at radius 3 is 2.74 bits per heavy atom. The number of hydrogen-bond acceptors (Lipinski definition) is 2. The van der Waals surface area contributed by atoms with Gasteiger partial charge in [0, 0.05) is 23.1 Å². The SMILES string of the molecule is CC[C@@]1(C)OC(=O)N2CCc3c(C)[nH]c4c(C)ccc(c34)[C@@]21C. The van der Waals surface area contributed by atoms with Crippen LogP contribution in [-0.4, -0.2) is 28.1 Å². The van der Waals surface area contributed by atoms with Crippen molar-refractivity contribution >= 4 is 17.0 Å². The topological polar surface area (TPSA) is 45.3 Å². The second-order valence-corrected chi connectivity index (χ2v) is 7.33. The van der Waals surface area contributed by atoms with E-state index in [0.717, 1.165) is 12.8 Å². The number of nitrogens with one attached hydrogen (secondary N) is 1. The van der Waals surface area contributed by atoms with Gasteiger partial charge in [0.15, 0.2) is 0 Å². The van der Waals surface area contributed by atoms with E-state index in [1.54, 1.807) is 0 Å². The summed E-state index contributed by atoms with van der Waals surface area (Å²) in [4.78, 5) is 18.1. The van der Waals surface area contributed by atoms with Gasteiger partial charge in [-0.25, -0.2) is 4.79 Å². The summed E-state index contributed by atoms with van der Waals surface area (Å²) in [6.45, 7) is 11.3. The molecule has 0 aliphatic carbocycles. The summed E-state index contributed by atoms with van der Waals surface area (Å²) in [7, 11) is 0. The number of fused-ring (bicyclic) bond motifs is 2. The molecular formula is C19H24N2O2. The molecule has 122 valence electrons. The van der Waals surface area contributed by atoms with Gasteiger partial charge in [-0.15, -0.1) is 0 Å². The third kappa shape index (κ3) is 1.54. The Bertz CT molecular complexity index is 837. The maximum atomic E-state index is 12.6. The van der Waals surface area contributed by atoms with Crippen LogP contribution in [0.25, 0.3) is 10.9 Å². The summed E-state index contributed by atoms with van der Waals surface area (Å²) >= 11 is 0. The summed E-state index contributed by atoms with van der Waals surface area (Å²) in [6, 6.07) is 4.35. The predicted molar refractivity (Wildman–Crippen MR) is 90.7 cm³/mol. The van der Waals surface area contributed by atoms with Crippen molar-refractivity contribution in [3.05, 3.63) is 34.5 Å². The first-order chi connectivity index (χ1) is 10.8. The van der Waals surface area contributed by atoms with Crippen LogP contribution in [0, 0.1) is 13.8 Å². The van der Waals surface area contributed by atoms with Crippen molar-refractivity contribution < 1.29 is 9.53 Å². The average Bonchev–Trinajstić information content (AvgIpc) is 2.87. The molecule has 1 amide bonds. The molecule has 0 unspecified atom stereocenters. The van der Waals surface area contributed by atoms with E-state index in [9.17, 15) is 4.79 Å². The molecule has 0 bridgehead atoms. The van der Waals surface area contributed by atoms with E-state index in [1.807, 2.05) is 4.90 Å². The van der Waals surface area contributed by atoms with Crippen molar-refractivity contribution in [2.24, 2.45) is 0 Å². The van der Waals surface area contributed by atoms with E-state index in [0.29, 0.717) is 6.54 Å². The zero-order chi connectivity index (χ0) is 16.6. The Morgan fingerprint density at radius 1 is 1.30 bits per heavy atom. The summed E-state index contributed by atoms with van der Waals surface area (Å²) in [5, 5.41) is 1.30. The van der Waals surface area contributed by atoms with Crippen molar-refractivity contribution in [3.63, 3.8) is 0 Å². The molecule has 2 aliphatic rings. The van der Waals surface area contributed by atoms with Crippen LogP contribution < -0.4 is 0 Å². The van der Waals surface area contributed by atoms with Gasteiger partial charge in [-0.3, -0.25) is 4.90 Å². The van der Waals surface area contributed by atoms with Gasteiger partial charge in [-0.05, 0) is 57.2 Å². The van der Waals surface area contributed by atoms with Crippen LogP contribution in [0.1, 0.15) is 49.6 Å². The molecule has 2 aromatic rings. The minimum atomic E-state index is -0.515. The molecule has 1 N–H and O–H groups in total. The molecule has 0 saturated carbocycles. The predicted octanol–water partition coefficient (Wildman–Crippen LogP) is 4.18. The minimum absolute atomic E-state index is 0.183. The number of benzene rings is 1. The Labute approximate surface area is 136 Å². The van der Waals surface area contributed by atoms with Gasteiger partial charge in [-0.1, -0.05) is 19.1 Å². The summed E-state index contributed by atoms with van der Waals surface area (Å²) in [5.41, 5.74) is 5.27. The first-order valence-corrected chi connectivity index (χ1v) is 8.45. The number of amides is 1. The standard InChI is InChI=1S/C19H24N2O2/c1-6-18(4)19(5)14-8-7-11(2)16-15(14)13(12(3)20-16)9-10-21(19)17(22)23-18/h7-8,20H,6,9-10H2,1-5H3/t18-,19-/m1/s1. The lowest BCUT2D eigenvalue weighted by Crippen LogP contribution is -2.52. The van der Waals surface area contributed by atoms with E-state index in [4.69, 9.17) is 4.74 Å². The maximum absolute atomic E-state index is 12.6. The molecule has 0 radical (unpaired) electrons. The van der Waals surface area contributed by atoms with Gasteiger partial charge < -0.3 is 9.72 Å². The smallest absolute Gasteiger partial charge is 0.411 e. The molecule has 23 heavy (non-hydrogen) atoms. The fourth-order valence-corrected chi connectivity index (χ4v) is 4.55. The molecule has 4 rings (SSSR count). The Morgan fingerprint density at radius 2 is 2.04 bits per heavy atom. The van der Waals surface area contributed by atoms with Crippen LogP contribution in [0.5, 0.6) is 0 Å². The van der Waals surface area contributed by atoms with Gasteiger partial charge in [-0.2, -0.15) is 0 Å². The highest BCUT2D eigenvalue weighted by Crippen LogP contribution is 2.52. The number of carbonyl (C=O) groups excluding carboxylic acids is 1. The lowest BCUT2D eigenvalue weighted by Gasteiger charge is -2.41. The first-order valence-electron chi connectivity index (χ1n) is 8.45. The highest BCUT2D eigenvalue weighted by atomic mass is 16.6. The van der Waals surface area contributed by atoms with Gasteiger partial charge >= 0.3 is 6.09 Å². The number of cyclic esters (lactones) is 1. The van der Waals surface area contributed by atoms with Gasteiger partial charge in [0.05, 0.1) is 0 Å². The first kappa shape index (κ1) is 14.6. The van der Waals surface area contributed by atoms with Crippen molar-refractivity contribution in [1.29, 1.82) is 0 Å². The minimum Gasteiger partial charge on any atom is -0.440 e. The van der Waals surface area contributed by atoms with Crippen LogP contribution in [0.4, 0.5) is 4.79 Å². The summed E-state index contributed by atoms with van der Waals surface area (Å²) in [5.74, 6) is 0. The maximum Gasteiger partial charge on any atom is 0.411 e. The fourth-order valence-electron chi connectivity index (χ4n) is 4.55. The zero-order valence-corrected chi connectivity index (χ0v) is 14.5. The Kier molecular flexibility index (Phi) is 2.74. The largest absolute Gasteiger partial charge is 0.440 e. The van der Waals surface area contributed by atoms with Crippen molar-refractivity contribution in [2.45, 2.75) is 58.6 Å². The number of carbonyl (C=O) groups is 1. The number of aryl methyl sites for hydroxylation is 2.